The highest BCUT2D eigenvalue weighted by molar-refractivity contribution is 5.85. The summed E-state index contributed by atoms with van der Waals surface area (Å²) in [5, 5.41) is 0. The van der Waals surface area contributed by atoms with E-state index < -0.39 is 0 Å². The van der Waals surface area contributed by atoms with Crippen LogP contribution >= 0.6 is 0 Å². The van der Waals surface area contributed by atoms with E-state index in [1.165, 1.54) is 6.07 Å². The Morgan fingerprint density at radius 3 is 3.17 bits per heavy atom. The molecule has 0 atom stereocenters. The maximum Gasteiger partial charge on any atom is 0.250 e. The van der Waals surface area contributed by atoms with Gasteiger partial charge in [-0.05, 0) is 12.1 Å². The van der Waals surface area contributed by atoms with Gasteiger partial charge in [-0.2, -0.15) is 0 Å². The molecule has 0 aliphatic rings. The largest absolute Gasteiger partial charge is 0.397 e. The zero-order valence-corrected chi connectivity index (χ0v) is 6.24. The molecule has 2 rings (SSSR count). The molecule has 4 nitrogen and oxygen atoms in total. The van der Waals surface area contributed by atoms with Crippen molar-refractivity contribution < 1.29 is 0 Å². The zero-order chi connectivity index (χ0) is 8.55. The summed E-state index contributed by atoms with van der Waals surface area (Å²) in [7, 11) is 0. The summed E-state index contributed by atoms with van der Waals surface area (Å²) in [5.74, 6) is 0. The van der Waals surface area contributed by atoms with Crippen LogP contribution in [0.5, 0.6) is 0 Å². The van der Waals surface area contributed by atoms with Crippen LogP contribution in [0.2, 0.25) is 0 Å². The van der Waals surface area contributed by atoms with Crippen LogP contribution in [-0.2, 0) is 0 Å². The average Bonchev–Trinajstić information content (AvgIpc) is 2.04. The first-order valence-electron chi connectivity index (χ1n) is 3.51. The number of fused-ring (bicyclic) bond motifs is 1. The van der Waals surface area contributed by atoms with Gasteiger partial charge in [-0.15, -0.1) is 0 Å². The van der Waals surface area contributed by atoms with Gasteiger partial charge in [0.15, 0.2) is 0 Å². The third-order valence-corrected chi connectivity index (χ3v) is 1.63. The van der Waals surface area contributed by atoms with Crippen LogP contribution in [0.3, 0.4) is 0 Å². The van der Waals surface area contributed by atoms with Crippen LogP contribution < -0.4 is 11.3 Å². The molecule has 0 aromatic carbocycles. The lowest BCUT2D eigenvalue weighted by molar-refractivity contribution is 1.28. The second-order valence-electron chi connectivity index (χ2n) is 2.49. The first-order chi connectivity index (χ1) is 5.77. The minimum absolute atomic E-state index is 0.201. The maximum absolute atomic E-state index is 10.9. The topological polar surface area (TPSA) is 71.8 Å². The van der Waals surface area contributed by atoms with Gasteiger partial charge in [-0.1, -0.05) is 0 Å². The van der Waals surface area contributed by atoms with Crippen molar-refractivity contribution in [2.45, 2.75) is 0 Å². The van der Waals surface area contributed by atoms with Gasteiger partial charge in [0.1, 0.15) is 5.52 Å². The fraction of sp³-hybridized carbons (Fsp3) is 0. The van der Waals surface area contributed by atoms with Crippen molar-refractivity contribution in [3.05, 3.63) is 34.7 Å². The molecule has 0 aliphatic carbocycles. The third-order valence-electron chi connectivity index (χ3n) is 1.63. The van der Waals surface area contributed by atoms with Crippen LogP contribution in [-0.4, -0.2) is 9.97 Å². The molecule has 0 fully saturated rings. The molecular formula is C8H7N3O. The van der Waals surface area contributed by atoms with E-state index in [1.807, 2.05) is 0 Å². The fourth-order valence-electron chi connectivity index (χ4n) is 1.11. The second-order valence-corrected chi connectivity index (χ2v) is 2.49. The van der Waals surface area contributed by atoms with Crippen molar-refractivity contribution in [1.82, 2.24) is 9.97 Å². The number of H-pyrrole nitrogens is 1. The Morgan fingerprint density at radius 1 is 1.50 bits per heavy atom. The van der Waals surface area contributed by atoms with E-state index in [0.717, 1.165) is 0 Å². The SMILES string of the molecule is Nc1cc(=O)[nH]c2cccnc12. The summed E-state index contributed by atoms with van der Waals surface area (Å²) in [4.78, 5) is 17.6. The van der Waals surface area contributed by atoms with Crippen LogP contribution in [0.25, 0.3) is 11.0 Å². The molecule has 3 N–H and O–H groups in total. The monoisotopic (exact) mass is 161 g/mol. The number of hydrogen-bond donors (Lipinski definition) is 2. The molecule has 0 aliphatic heterocycles. The maximum atomic E-state index is 10.9. The van der Waals surface area contributed by atoms with E-state index in [4.69, 9.17) is 5.73 Å². The van der Waals surface area contributed by atoms with Crippen molar-refractivity contribution >= 4 is 16.7 Å². The molecule has 0 saturated heterocycles. The molecule has 0 unspecified atom stereocenters. The van der Waals surface area contributed by atoms with E-state index in [2.05, 4.69) is 9.97 Å². The number of pyridine rings is 2. The van der Waals surface area contributed by atoms with Crippen LogP contribution in [0.4, 0.5) is 5.69 Å². The summed E-state index contributed by atoms with van der Waals surface area (Å²) in [6, 6.07) is 4.84. The smallest absolute Gasteiger partial charge is 0.250 e. The molecule has 2 heterocycles. The molecule has 60 valence electrons. The van der Waals surface area contributed by atoms with Crippen LogP contribution in [0, 0.1) is 0 Å². The number of anilines is 1. The highest BCUT2D eigenvalue weighted by Gasteiger charge is 1.98. The number of nitrogens with two attached hydrogens (primary N) is 1. The zero-order valence-electron chi connectivity index (χ0n) is 6.24. The Hall–Kier alpha value is -1.84. The lowest BCUT2D eigenvalue weighted by Crippen LogP contribution is -2.06. The highest BCUT2D eigenvalue weighted by atomic mass is 16.1. The number of nitrogens with one attached hydrogen (secondary N) is 1. The Morgan fingerprint density at radius 2 is 2.33 bits per heavy atom. The van der Waals surface area contributed by atoms with Crippen LogP contribution in [0.1, 0.15) is 0 Å². The van der Waals surface area contributed by atoms with E-state index in [1.54, 1.807) is 18.3 Å². The van der Waals surface area contributed by atoms with Gasteiger partial charge in [0.25, 0.3) is 5.56 Å². The van der Waals surface area contributed by atoms with Gasteiger partial charge < -0.3 is 10.7 Å². The number of rotatable bonds is 0. The number of nitrogens with zero attached hydrogens (tertiary/aromatic N) is 1. The van der Waals surface area contributed by atoms with Crippen molar-refractivity contribution in [3.8, 4) is 0 Å². The quantitative estimate of drug-likeness (QED) is 0.591. The van der Waals surface area contributed by atoms with E-state index in [-0.39, 0.29) is 5.56 Å². The Balaban J connectivity index is 2.99. The van der Waals surface area contributed by atoms with Gasteiger partial charge in [0.05, 0.1) is 11.2 Å². The first kappa shape index (κ1) is 6.84. The summed E-state index contributed by atoms with van der Waals surface area (Å²) < 4.78 is 0. The van der Waals surface area contributed by atoms with Gasteiger partial charge in [0, 0.05) is 12.3 Å². The molecule has 0 radical (unpaired) electrons. The standard InChI is InChI=1S/C8H7N3O/c9-5-4-7(12)11-6-2-1-3-10-8(5)6/h1-4H,(H3,9,11,12). The fourth-order valence-corrected chi connectivity index (χ4v) is 1.11. The Kier molecular flexibility index (Phi) is 1.33. The highest BCUT2D eigenvalue weighted by Crippen LogP contribution is 2.11. The molecular weight excluding hydrogens is 154 g/mol. The minimum Gasteiger partial charge on any atom is -0.397 e. The van der Waals surface area contributed by atoms with E-state index in [0.29, 0.717) is 16.7 Å². The number of hydrogen-bond acceptors (Lipinski definition) is 3. The van der Waals surface area contributed by atoms with Crippen molar-refractivity contribution in [2.75, 3.05) is 5.73 Å². The average molecular weight is 161 g/mol. The predicted octanol–water partition coefficient (Wildman–Crippen LogP) is 0.505. The van der Waals surface area contributed by atoms with Crippen molar-refractivity contribution in [3.63, 3.8) is 0 Å². The number of aromatic nitrogens is 2. The van der Waals surface area contributed by atoms with E-state index in [9.17, 15) is 4.79 Å². The van der Waals surface area contributed by atoms with E-state index >= 15 is 0 Å². The molecule has 2 aromatic rings. The lowest BCUT2D eigenvalue weighted by atomic mass is 10.3. The second kappa shape index (κ2) is 2.34. The van der Waals surface area contributed by atoms with Gasteiger partial charge >= 0.3 is 0 Å². The summed E-state index contributed by atoms with van der Waals surface area (Å²) >= 11 is 0. The van der Waals surface area contributed by atoms with Crippen LogP contribution in [0.15, 0.2) is 29.2 Å². The minimum atomic E-state index is -0.201. The van der Waals surface area contributed by atoms with Crippen molar-refractivity contribution in [2.24, 2.45) is 0 Å². The Bertz CT molecular complexity index is 475. The molecule has 0 amide bonds. The normalized spacial score (nSPS) is 10.3. The molecule has 2 aromatic heterocycles. The predicted molar refractivity (Wildman–Crippen MR) is 46.8 cm³/mol. The molecule has 0 spiro atoms. The Labute approximate surface area is 68.1 Å². The van der Waals surface area contributed by atoms with Gasteiger partial charge in [0.2, 0.25) is 0 Å². The molecule has 0 saturated carbocycles. The number of aromatic amines is 1. The summed E-state index contributed by atoms with van der Waals surface area (Å²) in [6.45, 7) is 0. The molecule has 0 bridgehead atoms. The molecule has 12 heavy (non-hydrogen) atoms. The van der Waals surface area contributed by atoms with Crippen molar-refractivity contribution in [1.29, 1.82) is 0 Å². The summed E-state index contributed by atoms with van der Waals surface area (Å²) in [5.41, 5.74) is 7.09. The lowest BCUT2D eigenvalue weighted by Gasteiger charge is -1.97. The number of nitrogen functional groups attached to an aromatic ring is 1. The third kappa shape index (κ3) is 0.934. The molecule has 4 heteroatoms. The van der Waals surface area contributed by atoms with Gasteiger partial charge in [-0.25, -0.2) is 0 Å². The summed E-state index contributed by atoms with van der Waals surface area (Å²) in [6.07, 6.45) is 1.64. The first-order valence-corrected chi connectivity index (χ1v) is 3.51. The van der Waals surface area contributed by atoms with Gasteiger partial charge in [-0.3, -0.25) is 9.78 Å².